The predicted octanol–water partition coefficient (Wildman–Crippen LogP) is 0.136. The molecule has 2 N–H and O–H groups in total. The molecule has 1 aliphatic rings. The maximum Gasteiger partial charge on any atom is 0.0714 e. The third-order valence-corrected chi connectivity index (χ3v) is 2.64. The molecule has 0 aromatic heterocycles. The normalized spacial score (nSPS) is 37.9. The van der Waals surface area contributed by atoms with Gasteiger partial charge in [0.1, 0.15) is 0 Å². The second-order valence-corrected chi connectivity index (χ2v) is 3.23. The maximum absolute atomic E-state index is 9.11. The summed E-state index contributed by atoms with van der Waals surface area (Å²) in [6.07, 6.45) is 2.17. The first-order valence-electron chi connectivity index (χ1n) is 4.15. The first-order valence-corrected chi connectivity index (χ1v) is 4.15. The van der Waals surface area contributed by atoms with Crippen molar-refractivity contribution in [2.45, 2.75) is 31.4 Å². The molecular weight excluding hydrogens is 142 g/mol. The van der Waals surface area contributed by atoms with Crippen LogP contribution in [0, 0.1) is 0 Å². The summed E-state index contributed by atoms with van der Waals surface area (Å²) in [5, 5.41) is 12.4. The minimum Gasteiger partial charge on any atom is -0.394 e. The zero-order chi connectivity index (χ0) is 8.32. The molecule has 1 heterocycles. The molecule has 0 bridgehead atoms. The van der Waals surface area contributed by atoms with E-state index >= 15 is 0 Å². The number of hydrogen-bond acceptors (Lipinski definition) is 3. The number of rotatable bonds is 3. The molecule has 0 aromatic carbocycles. The number of methoxy groups -OCH3 is 1. The lowest BCUT2D eigenvalue weighted by Crippen LogP contribution is -2.42. The van der Waals surface area contributed by atoms with Crippen molar-refractivity contribution in [3.05, 3.63) is 0 Å². The fourth-order valence-electron chi connectivity index (χ4n) is 1.58. The number of nitrogens with one attached hydrogen (secondary N) is 1. The Morgan fingerprint density at radius 3 is 2.73 bits per heavy atom. The highest BCUT2D eigenvalue weighted by atomic mass is 16.5. The molecule has 3 heteroatoms. The van der Waals surface area contributed by atoms with Crippen LogP contribution in [0.25, 0.3) is 0 Å². The molecule has 0 amide bonds. The molecule has 1 fully saturated rings. The van der Waals surface area contributed by atoms with E-state index in [9.17, 15) is 0 Å². The van der Waals surface area contributed by atoms with Crippen molar-refractivity contribution >= 4 is 0 Å². The number of aliphatic hydroxyl groups excluding tert-OH is 1. The molecule has 66 valence electrons. The Hall–Kier alpha value is -0.120. The van der Waals surface area contributed by atoms with Crippen LogP contribution in [0.1, 0.15) is 19.8 Å². The van der Waals surface area contributed by atoms with Crippen LogP contribution in [-0.2, 0) is 4.74 Å². The van der Waals surface area contributed by atoms with Crippen LogP contribution >= 0.6 is 0 Å². The Morgan fingerprint density at radius 2 is 2.45 bits per heavy atom. The maximum atomic E-state index is 9.11. The summed E-state index contributed by atoms with van der Waals surface area (Å²) >= 11 is 0. The van der Waals surface area contributed by atoms with Crippen LogP contribution in [-0.4, -0.2) is 37.0 Å². The minimum atomic E-state index is -0.0688. The van der Waals surface area contributed by atoms with Gasteiger partial charge >= 0.3 is 0 Å². The van der Waals surface area contributed by atoms with Gasteiger partial charge < -0.3 is 15.2 Å². The van der Waals surface area contributed by atoms with E-state index < -0.39 is 0 Å². The SMILES string of the molecule is CC[C@@]1(CO)C[C@H](OC)CN1. The van der Waals surface area contributed by atoms with Crippen LogP contribution in [0.4, 0.5) is 0 Å². The fourth-order valence-corrected chi connectivity index (χ4v) is 1.58. The van der Waals surface area contributed by atoms with E-state index in [4.69, 9.17) is 9.84 Å². The molecule has 11 heavy (non-hydrogen) atoms. The van der Waals surface area contributed by atoms with E-state index in [2.05, 4.69) is 12.2 Å². The number of aliphatic hydroxyl groups is 1. The van der Waals surface area contributed by atoms with Crippen molar-refractivity contribution in [1.82, 2.24) is 5.32 Å². The van der Waals surface area contributed by atoms with E-state index in [0.29, 0.717) is 0 Å². The van der Waals surface area contributed by atoms with E-state index in [1.54, 1.807) is 7.11 Å². The molecule has 1 rings (SSSR count). The Balaban J connectivity index is 2.48. The molecule has 3 nitrogen and oxygen atoms in total. The van der Waals surface area contributed by atoms with Crippen molar-refractivity contribution in [1.29, 1.82) is 0 Å². The summed E-state index contributed by atoms with van der Waals surface area (Å²) in [6, 6.07) is 0. The summed E-state index contributed by atoms with van der Waals surface area (Å²) in [6.45, 7) is 3.16. The van der Waals surface area contributed by atoms with E-state index in [1.807, 2.05) is 0 Å². The Kier molecular flexibility index (Phi) is 2.87. The van der Waals surface area contributed by atoms with Crippen molar-refractivity contribution < 1.29 is 9.84 Å². The van der Waals surface area contributed by atoms with Gasteiger partial charge in [-0.25, -0.2) is 0 Å². The largest absolute Gasteiger partial charge is 0.394 e. The first kappa shape index (κ1) is 8.97. The van der Waals surface area contributed by atoms with Gasteiger partial charge in [0.05, 0.1) is 12.7 Å². The molecule has 0 unspecified atom stereocenters. The first-order chi connectivity index (χ1) is 5.26. The third-order valence-electron chi connectivity index (χ3n) is 2.64. The van der Waals surface area contributed by atoms with Crippen molar-refractivity contribution in [3.8, 4) is 0 Å². The Bertz CT molecular complexity index is 123. The number of ether oxygens (including phenoxy) is 1. The molecule has 0 aliphatic carbocycles. The summed E-state index contributed by atoms with van der Waals surface area (Å²) in [7, 11) is 1.72. The topological polar surface area (TPSA) is 41.5 Å². The average Bonchev–Trinajstić information content (AvgIpc) is 2.49. The predicted molar refractivity (Wildman–Crippen MR) is 43.5 cm³/mol. The van der Waals surface area contributed by atoms with Gasteiger partial charge in [-0.05, 0) is 12.8 Å². The van der Waals surface area contributed by atoms with Gasteiger partial charge in [0.15, 0.2) is 0 Å². The number of hydrogen-bond donors (Lipinski definition) is 2. The summed E-state index contributed by atoms with van der Waals surface area (Å²) < 4.78 is 5.20. The van der Waals surface area contributed by atoms with E-state index in [0.717, 1.165) is 19.4 Å². The zero-order valence-corrected chi connectivity index (χ0v) is 7.26. The zero-order valence-electron chi connectivity index (χ0n) is 7.26. The molecule has 1 saturated heterocycles. The van der Waals surface area contributed by atoms with Crippen LogP contribution in [0.2, 0.25) is 0 Å². The summed E-state index contributed by atoms with van der Waals surface area (Å²) in [5.41, 5.74) is -0.0688. The monoisotopic (exact) mass is 159 g/mol. The van der Waals surface area contributed by atoms with Crippen molar-refractivity contribution in [2.24, 2.45) is 0 Å². The van der Waals surface area contributed by atoms with Gasteiger partial charge in [-0.15, -0.1) is 0 Å². The quantitative estimate of drug-likeness (QED) is 0.615. The van der Waals surface area contributed by atoms with Gasteiger partial charge in [0.25, 0.3) is 0 Å². The molecule has 1 aliphatic heterocycles. The lowest BCUT2D eigenvalue weighted by Gasteiger charge is -2.24. The molecular formula is C8H17NO2. The molecule has 0 spiro atoms. The molecule has 0 aromatic rings. The van der Waals surface area contributed by atoms with Gasteiger partial charge in [-0.3, -0.25) is 0 Å². The van der Waals surface area contributed by atoms with Gasteiger partial charge in [0, 0.05) is 19.2 Å². The molecule has 0 radical (unpaired) electrons. The van der Waals surface area contributed by atoms with Gasteiger partial charge in [0.2, 0.25) is 0 Å². The van der Waals surface area contributed by atoms with Crippen LogP contribution in [0.15, 0.2) is 0 Å². The molecule has 0 saturated carbocycles. The summed E-state index contributed by atoms with van der Waals surface area (Å²) in [5.74, 6) is 0. The fraction of sp³-hybridized carbons (Fsp3) is 1.00. The second-order valence-electron chi connectivity index (χ2n) is 3.23. The smallest absolute Gasteiger partial charge is 0.0714 e. The van der Waals surface area contributed by atoms with Gasteiger partial charge in [-0.1, -0.05) is 6.92 Å². The van der Waals surface area contributed by atoms with Gasteiger partial charge in [-0.2, -0.15) is 0 Å². The highest BCUT2D eigenvalue weighted by Gasteiger charge is 2.36. The highest BCUT2D eigenvalue weighted by Crippen LogP contribution is 2.23. The van der Waals surface area contributed by atoms with Crippen LogP contribution in [0.5, 0.6) is 0 Å². The highest BCUT2D eigenvalue weighted by molar-refractivity contribution is 4.95. The summed E-state index contributed by atoms with van der Waals surface area (Å²) in [4.78, 5) is 0. The van der Waals surface area contributed by atoms with Crippen molar-refractivity contribution in [2.75, 3.05) is 20.3 Å². The lowest BCUT2D eigenvalue weighted by atomic mass is 9.95. The third kappa shape index (κ3) is 1.72. The van der Waals surface area contributed by atoms with E-state index in [1.165, 1.54) is 0 Å². The second kappa shape index (κ2) is 3.52. The van der Waals surface area contributed by atoms with Crippen LogP contribution < -0.4 is 5.32 Å². The standard InChI is InChI=1S/C8H17NO2/c1-3-8(6-10)4-7(11-2)5-9-8/h7,9-10H,3-6H2,1-2H3/t7-,8-/m0/s1. The lowest BCUT2D eigenvalue weighted by molar-refractivity contribution is 0.100. The van der Waals surface area contributed by atoms with Crippen molar-refractivity contribution in [3.63, 3.8) is 0 Å². The minimum absolute atomic E-state index is 0.0688. The Morgan fingerprint density at radius 1 is 1.73 bits per heavy atom. The van der Waals surface area contributed by atoms with E-state index in [-0.39, 0.29) is 18.2 Å². The molecule has 2 atom stereocenters. The average molecular weight is 159 g/mol. The Labute approximate surface area is 67.7 Å². The van der Waals surface area contributed by atoms with Crippen LogP contribution in [0.3, 0.4) is 0 Å².